The molecule has 0 aromatic heterocycles. The highest BCUT2D eigenvalue weighted by atomic mass is 16.3. The summed E-state index contributed by atoms with van der Waals surface area (Å²) in [6.45, 7) is 3.84. The minimum absolute atomic E-state index is 0.0606. The van der Waals surface area contributed by atoms with Crippen molar-refractivity contribution in [1.82, 2.24) is 9.80 Å². The van der Waals surface area contributed by atoms with Gasteiger partial charge in [0.25, 0.3) is 5.91 Å². The molecule has 150 valence electrons. The van der Waals surface area contributed by atoms with E-state index in [4.69, 9.17) is 5.73 Å². The van der Waals surface area contributed by atoms with Gasteiger partial charge in [-0.2, -0.15) is 0 Å². The lowest BCUT2D eigenvalue weighted by Gasteiger charge is -2.34. The highest BCUT2D eigenvalue weighted by Gasteiger charge is 2.24. The van der Waals surface area contributed by atoms with Crippen LogP contribution >= 0.6 is 0 Å². The number of carbonyl (C=O) groups excluding carboxylic acids is 1. The van der Waals surface area contributed by atoms with Crippen LogP contribution in [0.4, 0.5) is 0 Å². The van der Waals surface area contributed by atoms with Crippen molar-refractivity contribution < 1.29 is 9.90 Å². The van der Waals surface area contributed by atoms with Gasteiger partial charge in [-0.05, 0) is 55.1 Å². The zero-order valence-corrected chi connectivity index (χ0v) is 16.6. The van der Waals surface area contributed by atoms with Gasteiger partial charge in [-0.15, -0.1) is 0 Å². The van der Waals surface area contributed by atoms with Crippen LogP contribution in [0.2, 0.25) is 0 Å². The molecular weight excluding hydrogens is 350 g/mol. The Hall–Kier alpha value is -2.21. The molecule has 5 nitrogen and oxygen atoms in total. The van der Waals surface area contributed by atoms with Gasteiger partial charge in [0, 0.05) is 32.2 Å². The highest BCUT2D eigenvalue weighted by molar-refractivity contribution is 5.94. The standard InChI is InChI=1S/C23H31N3O2/c1-25(23(28)21-9-7-18(15-24)8-10-21)16-19-11-13-26(14-12-19)17-22(27)20-5-3-2-4-6-20/h2-10,19,22,27H,11-17,24H2,1H3. The lowest BCUT2D eigenvalue weighted by molar-refractivity contribution is 0.0681. The third kappa shape index (κ3) is 5.41. The van der Waals surface area contributed by atoms with E-state index in [0.29, 0.717) is 24.6 Å². The number of likely N-dealkylation sites (tertiary alicyclic amines) is 1. The van der Waals surface area contributed by atoms with Gasteiger partial charge in [-0.25, -0.2) is 0 Å². The topological polar surface area (TPSA) is 69.8 Å². The number of hydrogen-bond donors (Lipinski definition) is 2. The van der Waals surface area contributed by atoms with Crippen LogP contribution in [0, 0.1) is 5.92 Å². The summed E-state index contributed by atoms with van der Waals surface area (Å²) in [5.41, 5.74) is 8.33. The van der Waals surface area contributed by atoms with Gasteiger partial charge >= 0.3 is 0 Å². The number of β-amino-alcohol motifs (C(OH)–C–C–N with tert-alkyl or cyclic N) is 1. The van der Waals surface area contributed by atoms with E-state index in [0.717, 1.165) is 43.6 Å². The maximum absolute atomic E-state index is 12.6. The predicted octanol–water partition coefficient (Wildman–Crippen LogP) is 2.66. The molecule has 2 aromatic rings. The quantitative estimate of drug-likeness (QED) is 0.774. The first-order valence-corrected chi connectivity index (χ1v) is 10.1. The largest absolute Gasteiger partial charge is 0.387 e. The van der Waals surface area contributed by atoms with Crippen LogP contribution in [-0.4, -0.2) is 54.0 Å². The lowest BCUT2D eigenvalue weighted by Crippen LogP contribution is -2.40. The van der Waals surface area contributed by atoms with Crippen molar-refractivity contribution in [1.29, 1.82) is 0 Å². The van der Waals surface area contributed by atoms with E-state index in [1.165, 1.54) is 0 Å². The molecule has 3 N–H and O–H groups in total. The molecule has 1 atom stereocenters. The normalized spacial score (nSPS) is 16.7. The Kier molecular flexibility index (Phi) is 7.20. The van der Waals surface area contributed by atoms with Gasteiger partial charge in [-0.1, -0.05) is 42.5 Å². The van der Waals surface area contributed by atoms with Crippen LogP contribution in [0.1, 0.15) is 40.4 Å². The molecule has 28 heavy (non-hydrogen) atoms. The summed E-state index contributed by atoms with van der Waals surface area (Å²) >= 11 is 0. The van der Waals surface area contributed by atoms with E-state index in [1.54, 1.807) is 0 Å². The van der Waals surface area contributed by atoms with E-state index in [2.05, 4.69) is 4.90 Å². The molecule has 0 bridgehead atoms. The maximum Gasteiger partial charge on any atom is 0.253 e. The first-order valence-electron chi connectivity index (χ1n) is 10.1. The Morgan fingerprint density at radius 2 is 1.79 bits per heavy atom. The summed E-state index contributed by atoms with van der Waals surface area (Å²) in [7, 11) is 1.88. The van der Waals surface area contributed by atoms with E-state index >= 15 is 0 Å². The van der Waals surface area contributed by atoms with E-state index in [1.807, 2.05) is 66.5 Å². The van der Waals surface area contributed by atoms with Crippen molar-refractivity contribution in [2.75, 3.05) is 33.2 Å². The van der Waals surface area contributed by atoms with Crippen molar-refractivity contribution >= 4 is 5.91 Å². The van der Waals surface area contributed by atoms with Crippen LogP contribution in [0.3, 0.4) is 0 Å². The molecule has 1 unspecified atom stereocenters. The van der Waals surface area contributed by atoms with E-state index in [-0.39, 0.29) is 5.91 Å². The van der Waals surface area contributed by atoms with Crippen LogP contribution in [0.15, 0.2) is 54.6 Å². The molecule has 0 radical (unpaired) electrons. The molecule has 0 spiro atoms. The Balaban J connectivity index is 1.45. The molecule has 5 heteroatoms. The van der Waals surface area contributed by atoms with Gasteiger partial charge in [0.2, 0.25) is 0 Å². The van der Waals surface area contributed by atoms with Gasteiger partial charge in [0.15, 0.2) is 0 Å². The van der Waals surface area contributed by atoms with Crippen LogP contribution in [0.25, 0.3) is 0 Å². The molecule has 0 aliphatic carbocycles. The third-order valence-electron chi connectivity index (χ3n) is 5.64. The number of rotatable bonds is 7. The van der Waals surface area contributed by atoms with Crippen LogP contribution in [0.5, 0.6) is 0 Å². The van der Waals surface area contributed by atoms with Crippen LogP contribution < -0.4 is 5.73 Å². The molecule has 3 rings (SSSR count). The average Bonchev–Trinajstić information content (AvgIpc) is 2.75. The molecule has 1 aliphatic rings. The second kappa shape index (κ2) is 9.82. The van der Waals surface area contributed by atoms with Crippen molar-refractivity contribution in [2.45, 2.75) is 25.5 Å². The second-order valence-electron chi connectivity index (χ2n) is 7.76. The number of aliphatic hydroxyl groups is 1. The summed E-state index contributed by atoms with van der Waals surface area (Å²) in [6, 6.07) is 17.4. The van der Waals surface area contributed by atoms with Crippen molar-refractivity contribution in [3.8, 4) is 0 Å². The molecule has 1 amide bonds. The zero-order valence-electron chi connectivity index (χ0n) is 16.6. The van der Waals surface area contributed by atoms with Crippen molar-refractivity contribution in [3.63, 3.8) is 0 Å². The Morgan fingerprint density at radius 1 is 1.14 bits per heavy atom. The Morgan fingerprint density at radius 3 is 2.39 bits per heavy atom. The van der Waals surface area contributed by atoms with E-state index in [9.17, 15) is 9.90 Å². The summed E-state index contributed by atoms with van der Waals surface area (Å²) in [6.07, 6.45) is 1.65. The summed E-state index contributed by atoms with van der Waals surface area (Å²) in [5, 5.41) is 10.4. The number of hydrogen-bond acceptors (Lipinski definition) is 4. The number of nitrogens with two attached hydrogens (primary N) is 1. The Bertz CT molecular complexity index is 740. The SMILES string of the molecule is CN(CC1CCN(CC(O)c2ccccc2)CC1)C(=O)c1ccc(CN)cc1. The first-order chi connectivity index (χ1) is 13.6. The number of amides is 1. The minimum atomic E-state index is -0.446. The maximum atomic E-state index is 12.6. The molecule has 1 saturated heterocycles. The van der Waals surface area contributed by atoms with Crippen molar-refractivity contribution in [2.24, 2.45) is 11.7 Å². The molecule has 1 fully saturated rings. The van der Waals surface area contributed by atoms with Gasteiger partial charge < -0.3 is 20.6 Å². The summed E-state index contributed by atoms with van der Waals surface area (Å²) < 4.78 is 0. The fourth-order valence-corrected chi connectivity index (χ4v) is 3.85. The minimum Gasteiger partial charge on any atom is -0.387 e. The first kappa shape index (κ1) is 20.5. The third-order valence-corrected chi connectivity index (χ3v) is 5.64. The molecular formula is C23H31N3O2. The van der Waals surface area contributed by atoms with Crippen LogP contribution in [-0.2, 0) is 6.54 Å². The molecule has 1 aliphatic heterocycles. The zero-order chi connectivity index (χ0) is 19.9. The fourth-order valence-electron chi connectivity index (χ4n) is 3.85. The molecule has 2 aromatic carbocycles. The second-order valence-corrected chi connectivity index (χ2v) is 7.76. The number of carbonyl (C=O) groups is 1. The summed E-state index contributed by atoms with van der Waals surface area (Å²) in [4.78, 5) is 16.8. The lowest BCUT2D eigenvalue weighted by atomic mass is 9.95. The van der Waals surface area contributed by atoms with Gasteiger partial charge in [-0.3, -0.25) is 4.79 Å². The van der Waals surface area contributed by atoms with Crippen molar-refractivity contribution in [3.05, 3.63) is 71.3 Å². The number of nitrogens with zero attached hydrogens (tertiary/aromatic N) is 2. The average molecular weight is 382 g/mol. The smallest absolute Gasteiger partial charge is 0.253 e. The number of aliphatic hydroxyl groups excluding tert-OH is 1. The fraction of sp³-hybridized carbons (Fsp3) is 0.435. The monoisotopic (exact) mass is 381 g/mol. The summed E-state index contributed by atoms with van der Waals surface area (Å²) in [5.74, 6) is 0.563. The Labute approximate surface area is 167 Å². The molecule has 1 heterocycles. The predicted molar refractivity (Wildman–Crippen MR) is 112 cm³/mol. The highest BCUT2D eigenvalue weighted by Crippen LogP contribution is 2.22. The number of benzene rings is 2. The van der Waals surface area contributed by atoms with Gasteiger partial charge in [0.05, 0.1) is 6.10 Å². The van der Waals surface area contributed by atoms with E-state index < -0.39 is 6.10 Å². The van der Waals surface area contributed by atoms with Gasteiger partial charge in [0.1, 0.15) is 0 Å². The molecule has 0 saturated carbocycles. The number of piperidine rings is 1.